The van der Waals surface area contributed by atoms with Crippen molar-refractivity contribution in [1.29, 1.82) is 0 Å². The monoisotopic (exact) mass is 483 g/mol. The molecule has 1 aromatic heterocycles. The fourth-order valence-electron chi connectivity index (χ4n) is 2.75. The van der Waals surface area contributed by atoms with Crippen LogP contribution in [0.3, 0.4) is 0 Å². The van der Waals surface area contributed by atoms with Crippen LogP contribution in [0.2, 0.25) is 5.02 Å². The lowest BCUT2D eigenvalue weighted by molar-refractivity contribution is -0.144. The molecule has 0 radical (unpaired) electrons. The second-order valence-electron chi connectivity index (χ2n) is 7.21. The van der Waals surface area contributed by atoms with Crippen molar-refractivity contribution in [3.05, 3.63) is 61.1 Å². The predicted molar refractivity (Wildman–Crippen MR) is 101 cm³/mol. The number of hydrogen-bond acceptors (Lipinski definition) is 5. The van der Waals surface area contributed by atoms with Gasteiger partial charge in [-0.2, -0.15) is 13.2 Å². The lowest BCUT2D eigenvalue weighted by atomic mass is 10.1. The molecule has 8 nitrogen and oxygen atoms in total. The Morgan fingerprint density at radius 2 is 1.77 bits per heavy atom. The van der Waals surface area contributed by atoms with Crippen molar-refractivity contribution < 1.29 is 30.8 Å². The van der Waals surface area contributed by atoms with Gasteiger partial charge in [-0.05, 0) is 31.9 Å². The number of sulfonamides is 1. The Bertz CT molecular complexity index is 1330. The quantitative estimate of drug-likeness (QED) is 0.669. The van der Waals surface area contributed by atoms with Crippen LogP contribution in [0.5, 0.6) is 0 Å². The SMILES string of the molecule is Cn1c(C(F)(F)F)cc(=O)n(-c2cc(C(=O)NS(=O)(=O)C3(C)CC3)c(Cl)cc2F)c1=O. The van der Waals surface area contributed by atoms with Crippen molar-refractivity contribution in [2.45, 2.75) is 30.7 Å². The van der Waals surface area contributed by atoms with E-state index >= 15 is 0 Å². The van der Waals surface area contributed by atoms with Gasteiger partial charge in [-0.3, -0.25) is 14.2 Å². The van der Waals surface area contributed by atoms with Gasteiger partial charge in [0.25, 0.3) is 11.5 Å². The summed E-state index contributed by atoms with van der Waals surface area (Å²) in [5, 5.41) is -0.535. The van der Waals surface area contributed by atoms with Gasteiger partial charge in [0.2, 0.25) is 10.0 Å². The highest BCUT2D eigenvalue weighted by molar-refractivity contribution is 7.91. The van der Waals surface area contributed by atoms with Gasteiger partial charge in [0, 0.05) is 13.1 Å². The van der Waals surface area contributed by atoms with E-state index in [0.29, 0.717) is 25.0 Å². The van der Waals surface area contributed by atoms with Crippen LogP contribution in [-0.2, 0) is 23.2 Å². The highest BCUT2D eigenvalue weighted by Gasteiger charge is 2.51. The van der Waals surface area contributed by atoms with Crippen LogP contribution in [-0.4, -0.2) is 28.2 Å². The van der Waals surface area contributed by atoms with E-state index in [9.17, 15) is 40.4 Å². The topological polar surface area (TPSA) is 107 Å². The Kier molecular flexibility index (Phi) is 5.34. The second kappa shape index (κ2) is 7.19. The first-order valence-electron chi connectivity index (χ1n) is 8.55. The van der Waals surface area contributed by atoms with Crippen molar-refractivity contribution in [3.8, 4) is 5.69 Å². The van der Waals surface area contributed by atoms with E-state index in [1.165, 1.54) is 6.92 Å². The van der Waals surface area contributed by atoms with E-state index in [4.69, 9.17) is 11.6 Å². The molecule has 1 fully saturated rings. The van der Waals surface area contributed by atoms with E-state index in [2.05, 4.69) is 0 Å². The summed E-state index contributed by atoms with van der Waals surface area (Å²) in [6.45, 7) is 1.41. The molecule has 0 atom stereocenters. The van der Waals surface area contributed by atoms with Crippen LogP contribution in [0.15, 0.2) is 27.8 Å². The molecular weight excluding hydrogens is 470 g/mol. The molecule has 0 bridgehead atoms. The number of aromatic nitrogens is 2. The summed E-state index contributed by atoms with van der Waals surface area (Å²) in [6.07, 6.45) is -4.40. The lowest BCUT2D eigenvalue weighted by Gasteiger charge is -2.16. The molecule has 1 N–H and O–H groups in total. The molecule has 0 saturated heterocycles. The standard InChI is InChI=1S/C17H14ClF4N3O5S/c1-16(3-4-16)31(29,30)23-14(27)8-5-11(10(19)6-9(8)18)25-13(26)7-12(17(20,21)22)24(2)15(25)28/h5-7H,3-4H2,1-2H3,(H,23,27). The Morgan fingerprint density at radius 3 is 2.29 bits per heavy atom. The number of rotatable bonds is 4. The molecule has 0 aliphatic heterocycles. The minimum Gasteiger partial charge on any atom is -0.292 e. The molecule has 2 aromatic rings. The van der Waals surface area contributed by atoms with Gasteiger partial charge < -0.3 is 0 Å². The highest BCUT2D eigenvalue weighted by atomic mass is 35.5. The molecule has 3 rings (SSSR count). The third kappa shape index (κ3) is 3.99. The second-order valence-corrected chi connectivity index (χ2v) is 9.81. The van der Waals surface area contributed by atoms with Crippen LogP contribution in [0, 0.1) is 5.82 Å². The molecule has 31 heavy (non-hydrogen) atoms. The molecule has 1 aliphatic carbocycles. The summed E-state index contributed by atoms with van der Waals surface area (Å²) < 4.78 is 78.8. The summed E-state index contributed by atoms with van der Waals surface area (Å²) in [4.78, 5) is 37.0. The minimum absolute atomic E-state index is 0.0778. The average molecular weight is 484 g/mol. The molecular formula is C17H14ClF4N3O5S. The minimum atomic E-state index is -5.02. The van der Waals surface area contributed by atoms with E-state index in [0.717, 1.165) is 7.05 Å². The number of alkyl halides is 3. The molecule has 1 heterocycles. The third-order valence-electron chi connectivity index (χ3n) is 4.96. The zero-order chi connectivity index (χ0) is 23.5. The first kappa shape index (κ1) is 23.0. The smallest absolute Gasteiger partial charge is 0.292 e. The van der Waals surface area contributed by atoms with Gasteiger partial charge in [-0.25, -0.2) is 26.9 Å². The number of carbonyl (C=O) groups is 1. The number of nitrogens with one attached hydrogen (secondary N) is 1. The summed E-state index contributed by atoms with van der Waals surface area (Å²) in [5.74, 6) is -2.55. The Morgan fingerprint density at radius 1 is 1.19 bits per heavy atom. The molecule has 1 amide bonds. The predicted octanol–water partition coefficient (Wildman–Crippen LogP) is 1.96. The van der Waals surface area contributed by atoms with Crippen molar-refractivity contribution >= 4 is 27.5 Å². The molecule has 14 heteroatoms. The van der Waals surface area contributed by atoms with Gasteiger partial charge in [-0.15, -0.1) is 0 Å². The van der Waals surface area contributed by atoms with Gasteiger partial charge in [0.05, 0.1) is 21.0 Å². The van der Waals surface area contributed by atoms with Gasteiger partial charge >= 0.3 is 11.9 Å². The first-order chi connectivity index (χ1) is 14.1. The maximum atomic E-state index is 14.5. The number of carbonyl (C=O) groups excluding carboxylic acids is 1. The summed E-state index contributed by atoms with van der Waals surface area (Å²) in [5.41, 5.74) is -6.08. The Labute approximate surface area is 177 Å². The van der Waals surface area contributed by atoms with Crippen molar-refractivity contribution in [2.24, 2.45) is 7.05 Å². The summed E-state index contributed by atoms with van der Waals surface area (Å²) >= 11 is 5.82. The lowest BCUT2D eigenvalue weighted by Crippen LogP contribution is -2.41. The highest BCUT2D eigenvalue weighted by Crippen LogP contribution is 2.42. The first-order valence-corrected chi connectivity index (χ1v) is 10.4. The molecule has 1 aliphatic rings. The van der Waals surface area contributed by atoms with Crippen LogP contribution in [0.4, 0.5) is 17.6 Å². The molecule has 0 unspecified atom stereocenters. The van der Waals surface area contributed by atoms with E-state index in [1.54, 1.807) is 4.72 Å². The van der Waals surface area contributed by atoms with E-state index in [1.807, 2.05) is 0 Å². The molecule has 168 valence electrons. The summed E-state index contributed by atoms with van der Waals surface area (Å²) in [7, 11) is -3.37. The summed E-state index contributed by atoms with van der Waals surface area (Å²) in [6, 6.07) is 1.25. The van der Waals surface area contributed by atoms with E-state index < -0.39 is 65.9 Å². The van der Waals surface area contributed by atoms with Gasteiger partial charge in [0.15, 0.2) is 0 Å². The number of hydrogen-bond donors (Lipinski definition) is 1. The Hall–Kier alpha value is -2.67. The fraction of sp³-hybridized carbons (Fsp3) is 0.353. The molecule has 0 spiro atoms. The van der Waals surface area contributed by atoms with E-state index in [-0.39, 0.29) is 15.2 Å². The molecule has 1 aromatic carbocycles. The number of halogens is 5. The number of nitrogens with zero attached hydrogens (tertiary/aromatic N) is 2. The Balaban J connectivity index is 2.15. The van der Waals surface area contributed by atoms with Crippen molar-refractivity contribution in [1.82, 2.24) is 13.9 Å². The molecule has 1 saturated carbocycles. The van der Waals surface area contributed by atoms with Crippen LogP contribution in [0.25, 0.3) is 5.69 Å². The maximum Gasteiger partial charge on any atom is 0.431 e. The van der Waals surface area contributed by atoms with Crippen LogP contribution in [0.1, 0.15) is 35.8 Å². The zero-order valence-electron chi connectivity index (χ0n) is 15.9. The van der Waals surface area contributed by atoms with Crippen molar-refractivity contribution in [2.75, 3.05) is 0 Å². The normalized spacial score (nSPS) is 15.6. The third-order valence-corrected chi connectivity index (χ3v) is 7.44. The van der Waals surface area contributed by atoms with Gasteiger partial charge in [0.1, 0.15) is 11.5 Å². The largest absolute Gasteiger partial charge is 0.431 e. The fourth-order valence-corrected chi connectivity index (χ4v) is 4.22. The van der Waals surface area contributed by atoms with Gasteiger partial charge in [-0.1, -0.05) is 11.6 Å². The van der Waals surface area contributed by atoms with Crippen LogP contribution >= 0.6 is 11.6 Å². The maximum absolute atomic E-state index is 14.5. The average Bonchev–Trinajstić information content (AvgIpc) is 3.38. The zero-order valence-corrected chi connectivity index (χ0v) is 17.5. The van der Waals surface area contributed by atoms with Crippen molar-refractivity contribution in [3.63, 3.8) is 0 Å². The number of benzene rings is 1. The van der Waals surface area contributed by atoms with Crippen LogP contribution < -0.4 is 16.0 Å². The number of amides is 1.